The molecule has 0 fully saturated rings. The second-order valence-electron chi connectivity index (χ2n) is 3.58. The van der Waals surface area contributed by atoms with E-state index in [1.165, 1.54) is 6.07 Å². The van der Waals surface area contributed by atoms with E-state index in [2.05, 4.69) is 15.3 Å². The molecule has 1 aromatic carbocycles. The van der Waals surface area contributed by atoms with Crippen LogP contribution < -0.4 is 10.1 Å². The molecule has 1 heterocycles. The molecule has 0 aliphatic carbocycles. The average molecular weight is 251 g/mol. The summed E-state index contributed by atoms with van der Waals surface area (Å²) in [6.07, 6.45) is 3.19. The second-order valence-corrected chi connectivity index (χ2v) is 3.58. The largest absolute Gasteiger partial charge is 0.424 e. The van der Waals surface area contributed by atoms with Gasteiger partial charge >= 0.3 is 6.01 Å². The van der Waals surface area contributed by atoms with Gasteiger partial charge in [-0.15, -0.1) is 0 Å². The number of nitrogens with zero attached hydrogens (tertiary/aromatic N) is 2. The van der Waals surface area contributed by atoms with E-state index < -0.39 is 11.6 Å². The fourth-order valence-corrected chi connectivity index (χ4v) is 1.34. The maximum Gasteiger partial charge on any atom is 0.321 e. The topological polar surface area (TPSA) is 47.0 Å². The molecule has 0 saturated carbocycles. The molecule has 1 aromatic heterocycles. The van der Waals surface area contributed by atoms with Crippen LogP contribution in [0.25, 0.3) is 0 Å². The number of benzene rings is 1. The summed E-state index contributed by atoms with van der Waals surface area (Å²) in [4.78, 5) is 7.91. The molecular formula is C12H11F2N3O. The molecule has 0 spiro atoms. The molecule has 1 N–H and O–H groups in total. The van der Waals surface area contributed by atoms with E-state index in [0.29, 0.717) is 6.54 Å². The van der Waals surface area contributed by atoms with Crippen LogP contribution in [0.15, 0.2) is 30.6 Å². The van der Waals surface area contributed by atoms with Crippen LogP contribution in [0.3, 0.4) is 0 Å². The van der Waals surface area contributed by atoms with Crippen molar-refractivity contribution in [3.05, 3.63) is 47.8 Å². The molecule has 4 nitrogen and oxygen atoms in total. The van der Waals surface area contributed by atoms with Gasteiger partial charge in [-0.1, -0.05) is 0 Å². The van der Waals surface area contributed by atoms with Crippen LogP contribution in [-0.4, -0.2) is 17.0 Å². The molecular weight excluding hydrogens is 240 g/mol. The third kappa shape index (κ3) is 2.98. The highest BCUT2D eigenvalue weighted by molar-refractivity contribution is 5.26. The fraction of sp³-hybridized carbons (Fsp3) is 0.167. The summed E-state index contributed by atoms with van der Waals surface area (Å²) in [5.41, 5.74) is 0.898. The summed E-state index contributed by atoms with van der Waals surface area (Å²) in [5.74, 6) is -1.75. The lowest BCUT2D eigenvalue weighted by atomic mass is 10.3. The minimum Gasteiger partial charge on any atom is -0.424 e. The van der Waals surface area contributed by atoms with Crippen molar-refractivity contribution < 1.29 is 13.5 Å². The number of aromatic nitrogens is 2. The average Bonchev–Trinajstić information content (AvgIpc) is 2.37. The molecule has 2 aromatic rings. The zero-order chi connectivity index (χ0) is 13.0. The van der Waals surface area contributed by atoms with E-state index in [4.69, 9.17) is 4.74 Å². The highest BCUT2D eigenvalue weighted by Gasteiger charge is 2.05. The van der Waals surface area contributed by atoms with Gasteiger partial charge in [-0.25, -0.2) is 18.7 Å². The van der Waals surface area contributed by atoms with E-state index in [1.54, 1.807) is 12.4 Å². The molecule has 0 saturated heterocycles. The molecule has 18 heavy (non-hydrogen) atoms. The zero-order valence-electron chi connectivity index (χ0n) is 9.65. The quantitative estimate of drug-likeness (QED) is 0.905. The standard InChI is InChI=1S/C12H11F2N3O/c1-15-5-8-6-16-12(17-7-8)18-9-2-3-10(13)11(14)4-9/h2-4,6-7,15H,5H2,1H3. The normalized spacial score (nSPS) is 10.4. The smallest absolute Gasteiger partial charge is 0.321 e. The van der Waals surface area contributed by atoms with E-state index in [9.17, 15) is 8.78 Å². The van der Waals surface area contributed by atoms with Crippen LogP contribution in [0.4, 0.5) is 8.78 Å². The van der Waals surface area contributed by atoms with Crippen LogP contribution in [0.5, 0.6) is 11.8 Å². The van der Waals surface area contributed by atoms with Gasteiger partial charge in [0, 0.05) is 30.6 Å². The first-order valence-corrected chi connectivity index (χ1v) is 5.27. The van der Waals surface area contributed by atoms with Crippen molar-refractivity contribution in [1.29, 1.82) is 0 Å². The number of ether oxygens (including phenoxy) is 1. The number of rotatable bonds is 4. The SMILES string of the molecule is CNCc1cnc(Oc2ccc(F)c(F)c2)nc1. The van der Waals surface area contributed by atoms with Crippen LogP contribution in [0.1, 0.15) is 5.56 Å². The van der Waals surface area contributed by atoms with Gasteiger partial charge in [-0.2, -0.15) is 0 Å². The van der Waals surface area contributed by atoms with E-state index >= 15 is 0 Å². The monoisotopic (exact) mass is 251 g/mol. The molecule has 0 aliphatic heterocycles. The minimum absolute atomic E-state index is 0.0841. The van der Waals surface area contributed by atoms with Crippen molar-refractivity contribution >= 4 is 0 Å². The van der Waals surface area contributed by atoms with E-state index in [-0.39, 0.29) is 11.8 Å². The molecule has 94 valence electrons. The molecule has 2 rings (SSSR count). The number of nitrogens with one attached hydrogen (secondary N) is 1. The Balaban J connectivity index is 2.10. The van der Waals surface area contributed by atoms with Crippen molar-refractivity contribution in [1.82, 2.24) is 15.3 Å². The van der Waals surface area contributed by atoms with Gasteiger partial charge in [0.25, 0.3) is 0 Å². The molecule has 0 radical (unpaired) electrons. The Morgan fingerprint density at radius 1 is 1.17 bits per heavy atom. The van der Waals surface area contributed by atoms with Crippen molar-refractivity contribution in [2.75, 3.05) is 7.05 Å². The third-order valence-electron chi connectivity index (χ3n) is 2.16. The highest BCUT2D eigenvalue weighted by Crippen LogP contribution is 2.19. The van der Waals surface area contributed by atoms with Gasteiger partial charge < -0.3 is 10.1 Å². The Morgan fingerprint density at radius 2 is 1.89 bits per heavy atom. The van der Waals surface area contributed by atoms with Crippen molar-refractivity contribution in [3.63, 3.8) is 0 Å². The van der Waals surface area contributed by atoms with Crippen molar-refractivity contribution in [3.8, 4) is 11.8 Å². The van der Waals surface area contributed by atoms with Gasteiger partial charge in [-0.05, 0) is 19.2 Å². The first-order chi connectivity index (χ1) is 8.69. The van der Waals surface area contributed by atoms with E-state index in [1.807, 2.05) is 7.05 Å². The number of hydrogen-bond donors (Lipinski definition) is 1. The van der Waals surface area contributed by atoms with Crippen LogP contribution in [-0.2, 0) is 6.54 Å². The van der Waals surface area contributed by atoms with Gasteiger partial charge in [-0.3, -0.25) is 0 Å². The summed E-state index contributed by atoms with van der Waals surface area (Å²) in [6.45, 7) is 0.644. The van der Waals surface area contributed by atoms with Crippen LogP contribution >= 0.6 is 0 Å². The van der Waals surface area contributed by atoms with Crippen molar-refractivity contribution in [2.45, 2.75) is 6.54 Å². The first kappa shape index (κ1) is 12.4. The zero-order valence-corrected chi connectivity index (χ0v) is 9.65. The second kappa shape index (κ2) is 5.50. The lowest BCUT2D eigenvalue weighted by Crippen LogP contribution is -2.06. The summed E-state index contributed by atoms with van der Waals surface area (Å²) in [6, 6.07) is 3.32. The Hall–Kier alpha value is -2.08. The number of halogens is 2. The summed E-state index contributed by atoms with van der Waals surface area (Å²) in [5, 5.41) is 2.95. The van der Waals surface area contributed by atoms with Gasteiger partial charge in [0.05, 0.1) is 0 Å². The Bertz CT molecular complexity index is 531. The van der Waals surface area contributed by atoms with Gasteiger partial charge in [0.15, 0.2) is 11.6 Å². The van der Waals surface area contributed by atoms with Gasteiger partial charge in [0.1, 0.15) is 5.75 Å². The van der Waals surface area contributed by atoms with E-state index in [0.717, 1.165) is 17.7 Å². The molecule has 6 heteroatoms. The van der Waals surface area contributed by atoms with Crippen LogP contribution in [0.2, 0.25) is 0 Å². The first-order valence-electron chi connectivity index (χ1n) is 5.27. The maximum absolute atomic E-state index is 12.9. The molecule has 0 aliphatic rings. The maximum atomic E-state index is 12.9. The summed E-state index contributed by atoms with van der Waals surface area (Å²) >= 11 is 0. The fourth-order valence-electron chi connectivity index (χ4n) is 1.34. The molecule has 0 bridgehead atoms. The molecule has 0 amide bonds. The number of hydrogen-bond acceptors (Lipinski definition) is 4. The molecule has 0 atom stereocenters. The predicted molar refractivity (Wildman–Crippen MR) is 61.2 cm³/mol. The minimum atomic E-state index is -0.973. The van der Waals surface area contributed by atoms with Crippen molar-refractivity contribution in [2.24, 2.45) is 0 Å². The lowest BCUT2D eigenvalue weighted by Gasteiger charge is -2.04. The Morgan fingerprint density at radius 3 is 2.50 bits per heavy atom. The summed E-state index contributed by atoms with van der Waals surface area (Å²) in [7, 11) is 1.81. The Kier molecular flexibility index (Phi) is 3.78. The summed E-state index contributed by atoms with van der Waals surface area (Å²) < 4.78 is 30.8. The lowest BCUT2D eigenvalue weighted by molar-refractivity contribution is 0.430. The molecule has 0 unspecified atom stereocenters. The highest BCUT2D eigenvalue weighted by atomic mass is 19.2. The van der Waals surface area contributed by atoms with Crippen LogP contribution in [0, 0.1) is 11.6 Å². The van der Waals surface area contributed by atoms with Gasteiger partial charge in [0.2, 0.25) is 0 Å². The third-order valence-corrected chi connectivity index (χ3v) is 2.16. The predicted octanol–water partition coefficient (Wildman–Crippen LogP) is 2.27. The Labute approximate surface area is 103 Å².